The quantitative estimate of drug-likeness (QED) is 0.881. The minimum atomic E-state index is -0.261. The van der Waals surface area contributed by atoms with Gasteiger partial charge in [0.15, 0.2) is 0 Å². The minimum Gasteiger partial charge on any atom is -0.375 e. The van der Waals surface area contributed by atoms with E-state index in [4.69, 9.17) is 11.6 Å². The second-order valence-corrected chi connectivity index (χ2v) is 5.84. The highest BCUT2D eigenvalue weighted by Crippen LogP contribution is 2.32. The molecule has 0 aliphatic carbocycles. The normalized spacial score (nSPS) is 10.3. The van der Waals surface area contributed by atoms with Crippen LogP contribution < -0.4 is 15.5 Å². The van der Waals surface area contributed by atoms with Gasteiger partial charge in [-0.25, -0.2) is 4.79 Å². The molecule has 122 valence electrons. The van der Waals surface area contributed by atoms with Crippen molar-refractivity contribution in [2.75, 3.05) is 30.9 Å². The number of rotatable bonds is 5. The van der Waals surface area contributed by atoms with E-state index in [2.05, 4.69) is 15.6 Å². The van der Waals surface area contributed by atoms with Crippen molar-refractivity contribution in [2.24, 2.45) is 0 Å². The van der Waals surface area contributed by atoms with E-state index in [1.165, 1.54) is 0 Å². The molecular formula is C17H21ClN4O. The number of hydrogen-bond acceptors (Lipinski definition) is 3. The highest BCUT2D eigenvalue weighted by Gasteiger charge is 2.11. The van der Waals surface area contributed by atoms with Crippen LogP contribution in [0.3, 0.4) is 0 Å². The minimum absolute atomic E-state index is 0.261. The molecule has 0 saturated carbocycles. The first kappa shape index (κ1) is 17.1. The number of para-hydroxylation sites is 1. The standard InChI is InChI=1S/C17H21ClN4O/c1-12-6-4-7-13(20-12)10-11-19-17(23)21-15-9-5-8-14(18)16(15)22(2)3/h4-9H,10-11H2,1-3H3,(H2,19,21,23). The summed E-state index contributed by atoms with van der Waals surface area (Å²) in [7, 11) is 3.77. The van der Waals surface area contributed by atoms with Gasteiger partial charge in [0.1, 0.15) is 0 Å². The number of carbonyl (C=O) groups is 1. The maximum Gasteiger partial charge on any atom is 0.319 e. The Morgan fingerprint density at radius 1 is 1.22 bits per heavy atom. The molecule has 0 radical (unpaired) electrons. The lowest BCUT2D eigenvalue weighted by molar-refractivity contribution is 0.252. The van der Waals surface area contributed by atoms with Crippen LogP contribution in [0, 0.1) is 6.92 Å². The predicted molar refractivity (Wildman–Crippen MR) is 95.5 cm³/mol. The number of hydrogen-bond donors (Lipinski definition) is 2. The number of benzene rings is 1. The third-order valence-electron chi connectivity index (χ3n) is 3.29. The molecule has 1 aromatic carbocycles. The van der Waals surface area contributed by atoms with Crippen LogP contribution in [0.4, 0.5) is 16.2 Å². The summed E-state index contributed by atoms with van der Waals surface area (Å²) in [4.78, 5) is 18.3. The van der Waals surface area contributed by atoms with Crippen molar-refractivity contribution in [2.45, 2.75) is 13.3 Å². The zero-order chi connectivity index (χ0) is 16.8. The van der Waals surface area contributed by atoms with E-state index in [1.807, 2.05) is 56.3 Å². The Morgan fingerprint density at radius 3 is 2.65 bits per heavy atom. The molecule has 0 unspecified atom stereocenters. The van der Waals surface area contributed by atoms with Gasteiger partial charge in [-0.05, 0) is 31.2 Å². The summed E-state index contributed by atoms with van der Waals surface area (Å²) in [6.07, 6.45) is 0.686. The third-order valence-corrected chi connectivity index (χ3v) is 3.60. The van der Waals surface area contributed by atoms with E-state index >= 15 is 0 Å². The molecule has 0 aliphatic heterocycles. The first-order chi connectivity index (χ1) is 11.0. The first-order valence-corrected chi connectivity index (χ1v) is 7.78. The number of pyridine rings is 1. The number of nitrogens with zero attached hydrogens (tertiary/aromatic N) is 2. The summed E-state index contributed by atoms with van der Waals surface area (Å²) in [6.45, 7) is 2.46. The number of anilines is 2. The third kappa shape index (κ3) is 4.86. The second kappa shape index (κ2) is 7.83. The van der Waals surface area contributed by atoms with Gasteiger partial charge in [0.2, 0.25) is 0 Å². The predicted octanol–water partition coefficient (Wildman–Crippen LogP) is 3.47. The Bertz CT molecular complexity index is 688. The zero-order valence-electron chi connectivity index (χ0n) is 13.6. The molecule has 23 heavy (non-hydrogen) atoms. The van der Waals surface area contributed by atoms with E-state index in [9.17, 15) is 4.79 Å². The van der Waals surface area contributed by atoms with Gasteiger partial charge in [-0.3, -0.25) is 4.98 Å². The summed E-state index contributed by atoms with van der Waals surface area (Å²) in [6, 6.07) is 11.0. The van der Waals surface area contributed by atoms with Crippen LogP contribution in [0.25, 0.3) is 0 Å². The Labute approximate surface area is 141 Å². The van der Waals surface area contributed by atoms with Crippen molar-refractivity contribution < 1.29 is 4.79 Å². The maximum absolute atomic E-state index is 12.1. The topological polar surface area (TPSA) is 57.3 Å². The fourth-order valence-electron chi connectivity index (χ4n) is 2.28. The monoisotopic (exact) mass is 332 g/mol. The molecular weight excluding hydrogens is 312 g/mol. The second-order valence-electron chi connectivity index (χ2n) is 5.43. The molecule has 2 aromatic rings. The van der Waals surface area contributed by atoms with Crippen molar-refractivity contribution >= 4 is 29.0 Å². The fraction of sp³-hybridized carbons (Fsp3) is 0.294. The molecule has 6 heteroatoms. The Kier molecular flexibility index (Phi) is 5.82. The average Bonchev–Trinajstić information content (AvgIpc) is 2.47. The highest BCUT2D eigenvalue weighted by atomic mass is 35.5. The molecule has 1 heterocycles. The average molecular weight is 333 g/mol. The molecule has 0 aliphatic rings. The molecule has 0 atom stereocenters. The summed E-state index contributed by atoms with van der Waals surface area (Å²) in [5, 5.41) is 6.26. The number of carbonyl (C=O) groups excluding carboxylic acids is 1. The van der Waals surface area contributed by atoms with Crippen molar-refractivity contribution in [3.8, 4) is 0 Å². The van der Waals surface area contributed by atoms with Crippen LogP contribution in [0.2, 0.25) is 5.02 Å². The fourth-order valence-corrected chi connectivity index (χ4v) is 2.62. The molecule has 5 nitrogen and oxygen atoms in total. The van der Waals surface area contributed by atoms with E-state index in [0.717, 1.165) is 17.1 Å². The Morgan fingerprint density at radius 2 is 1.96 bits per heavy atom. The van der Waals surface area contributed by atoms with Crippen molar-refractivity contribution in [1.82, 2.24) is 10.3 Å². The number of aryl methyl sites for hydroxylation is 1. The smallest absolute Gasteiger partial charge is 0.319 e. The summed E-state index contributed by atoms with van der Waals surface area (Å²) >= 11 is 6.19. The van der Waals surface area contributed by atoms with Gasteiger partial charge < -0.3 is 15.5 Å². The molecule has 0 saturated heterocycles. The largest absolute Gasteiger partial charge is 0.375 e. The van der Waals surface area contributed by atoms with Gasteiger partial charge in [-0.2, -0.15) is 0 Å². The molecule has 1 aromatic heterocycles. The molecule has 2 rings (SSSR count). The lowest BCUT2D eigenvalue weighted by Gasteiger charge is -2.19. The van der Waals surface area contributed by atoms with Gasteiger partial charge in [0, 0.05) is 38.4 Å². The molecule has 0 bridgehead atoms. The van der Waals surface area contributed by atoms with Crippen molar-refractivity contribution in [3.05, 3.63) is 52.8 Å². The van der Waals surface area contributed by atoms with Crippen LogP contribution in [0.5, 0.6) is 0 Å². The van der Waals surface area contributed by atoms with Crippen LogP contribution >= 0.6 is 11.6 Å². The zero-order valence-corrected chi connectivity index (χ0v) is 14.3. The Hall–Kier alpha value is -2.27. The summed E-state index contributed by atoms with van der Waals surface area (Å²) in [5.41, 5.74) is 3.39. The van der Waals surface area contributed by atoms with Crippen LogP contribution in [-0.2, 0) is 6.42 Å². The van der Waals surface area contributed by atoms with Crippen molar-refractivity contribution in [1.29, 1.82) is 0 Å². The molecule has 2 N–H and O–H groups in total. The lowest BCUT2D eigenvalue weighted by Crippen LogP contribution is -2.31. The van der Waals surface area contributed by atoms with Gasteiger partial charge in [0.05, 0.1) is 16.4 Å². The van der Waals surface area contributed by atoms with Crippen LogP contribution in [0.1, 0.15) is 11.4 Å². The van der Waals surface area contributed by atoms with Crippen molar-refractivity contribution in [3.63, 3.8) is 0 Å². The molecule has 0 fully saturated rings. The first-order valence-electron chi connectivity index (χ1n) is 7.40. The maximum atomic E-state index is 12.1. The van der Waals surface area contributed by atoms with Crippen LogP contribution in [-0.4, -0.2) is 31.7 Å². The van der Waals surface area contributed by atoms with Gasteiger partial charge >= 0.3 is 6.03 Å². The van der Waals surface area contributed by atoms with E-state index in [-0.39, 0.29) is 6.03 Å². The molecule has 2 amide bonds. The van der Waals surface area contributed by atoms with Crippen LogP contribution in [0.15, 0.2) is 36.4 Å². The Balaban J connectivity index is 1.92. The number of nitrogens with one attached hydrogen (secondary N) is 2. The van der Waals surface area contributed by atoms with Gasteiger partial charge in [0.25, 0.3) is 0 Å². The SMILES string of the molecule is Cc1cccc(CCNC(=O)Nc2cccc(Cl)c2N(C)C)n1. The highest BCUT2D eigenvalue weighted by molar-refractivity contribution is 6.34. The van der Waals surface area contributed by atoms with Gasteiger partial charge in [-0.1, -0.05) is 23.7 Å². The molecule has 0 spiro atoms. The number of urea groups is 1. The van der Waals surface area contributed by atoms with Gasteiger partial charge in [-0.15, -0.1) is 0 Å². The summed E-state index contributed by atoms with van der Waals surface area (Å²) < 4.78 is 0. The number of amides is 2. The van der Waals surface area contributed by atoms with E-state index < -0.39 is 0 Å². The summed E-state index contributed by atoms with van der Waals surface area (Å²) in [5.74, 6) is 0. The number of aromatic nitrogens is 1. The van der Waals surface area contributed by atoms with E-state index in [1.54, 1.807) is 6.07 Å². The van der Waals surface area contributed by atoms with E-state index in [0.29, 0.717) is 23.7 Å². The number of halogens is 1. The lowest BCUT2D eigenvalue weighted by atomic mass is 10.2.